The van der Waals surface area contributed by atoms with Crippen LogP contribution in [-0.4, -0.2) is 22.9 Å². The lowest BCUT2D eigenvalue weighted by molar-refractivity contribution is -0.384. The van der Waals surface area contributed by atoms with Gasteiger partial charge >= 0.3 is 0 Å². The third-order valence-electron chi connectivity index (χ3n) is 3.11. The molecule has 0 aliphatic carbocycles. The monoisotopic (exact) mass is 319 g/mol. The fourth-order valence-corrected chi connectivity index (χ4v) is 2.92. The third-order valence-corrected chi connectivity index (χ3v) is 3.98. The topological polar surface area (TPSA) is 76.3 Å². The number of carbonyl (C=O) groups is 1. The van der Waals surface area contributed by atoms with Crippen LogP contribution in [0, 0.1) is 16.0 Å². The van der Waals surface area contributed by atoms with Crippen LogP contribution < -0.4 is 4.90 Å². The summed E-state index contributed by atoms with van der Waals surface area (Å²) in [4.78, 5) is 28.4. The van der Waals surface area contributed by atoms with Gasteiger partial charge in [0, 0.05) is 36.7 Å². The summed E-state index contributed by atoms with van der Waals surface area (Å²) < 4.78 is 0. The van der Waals surface area contributed by atoms with Crippen LogP contribution >= 0.6 is 11.3 Å². The molecule has 7 heteroatoms. The highest BCUT2D eigenvalue weighted by Gasteiger charge is 2.18. The van der Waals surface area contributed by atoms with Gasteiger partial charge in [-0.25, -0.2) is 4.98 Å². The van der Waals surface area contributed by atoms with Crippen molar-refractivity contribution in [1.29, 1.82) is 0 Å². The summed E-state index contributed by atoms with van der Waals surface area (Å²) in [7, 11) is 1.63. The van der Waals surface area contributed by atoms with Crippen molar-refractivity contribution in [1.82, 2.24) is 4.98 Å². The summed E-state index contributed by atoms with van der Waals surface area (Å²) in [5.74, 6) is 0.265. The van der Waals surface area contributed by atoms with Crippen molar-refractivity contribution in [3.8, 4) is 0 Å². The second-order valence-corrected chi connectivity index (χ2v) is 6.30. The first-order chi connectivity index (χ1) is 10.4. The molecule has 0 fully saturated rings. The Labute approximate surface area is 132 Å². The molecule has 0 radical (unpaired) electrons. The second-order valence-electron chi connectivity index (χ2n) is 5.36. The number of carbonyl (C=O) groups excluding carboxylic acids is 1. The molecule has 1 heterocycles. The van der Waals surface area contributed by atoms with Gasteiger partial charge in [-0.15, -0.1) is 11.3 Å². The van der Waals surface area contributed by atoms with Gasteiger partial charge in [0.2, 0.25) is 0 Å². The number of aromatic nitrogens is 1. The molecule has 6 nitrogen and oxygen atoms in total. The van der Waals surface area contributed by atoms with Gasteiger partial charge in [-0.2, -0.15) is 0 Å². The van der Waals surface area contributed by atoms with Crippen LogP contribution in [0.15, 0.2) is 29.6 Å². The lowest BCUT2D eigenvalue weighted by Crippen LogP contribution is -2.26. The fraction of sp³-hybridized carbons (Fsp3) is 0.333. The van der Waals surface area contributed by atoms with Crippen LogP contribution in [0.3, 0.4) is 0 Å². The first-order valence-electron chi connectivity index (χ1n) is 6.85. The number of thiazole rings is 1. The van der Waals surface area contributed by atoms with Crippen molar-refractivity contribution in [2.24, 2.45) is 5.92 Å². The number of rotatable bonds is 5. The summed E-state index contributed by atoms with van der Waals surface area (Å²) in [5.41, 5.74) is 0.994. The summed E-state index contributed by atoms with van der Waals surface area (Å²) in [6, 6.07) is 5.86. The van der Waals surface area contributed by atoms with E-state index >= 15 is 0 Å². The number of nitrogens with zero attached hydrogens (tertiary/aromatic N) is 3. The quantitative estimate of drug-likeness (QED) is 0.624. The number of nitro benzene ring substituents is 1. The van der Waals surface area contributed by atoms with Crippen LogP contribution in [0.5, 0.6) is 0 Å². The van der Waals surface area contributed by atoms with Crippen LogP contribution in [-0.2, 0) is 6.42 Å². The molecule has 0 aliphatic heterocycles. The smallest absolute Gasteiger partial charge is 0.277 e. The van der Waals surface area contributed by atoms with Crippen LogP contribution in [0.4, 0.5) is 11.4 Å². The van der Waals surface area contributed by atoms with E-state index in [1.165, 1.54) is 28.4 Å². The van der Waals surface area contributed by atoms with Gasteiger partial charge in [-0.05, 0) is 18.1 Å². The lowest BCUT2D eigenvalue weighted by atomic mass is 10.1. The van der Waals surface area contributed by atoms with E-state index in [9.17, 15) is 14.9 Å². The van der Waals surface area contributed by atoms with Gasteiger partial charge in [-0.1, -0.05) is 13.8 Å². The number of hydrogen-bond donors (Lipinski definition) is 0. The molecule has 0 aliphatic rings. The van der Waals surface area contributed by atoms with E-state index in [2.05, 4.69) is 18.8 Å². The Balaban J connectivity index is 2.14. The van der Waals surface area contributed by atoms with Crippen molar-refractivity contribution < 1.29 is 9.72 Å². The first-order valence-corrected chi connectivity index (χ1v) is 7.73. The van der Waals surface area contributed by atoms with Gasteiger partial charge in [0.05, 0.1) is 9.93 Å². The predicted molar refractivity (Wildman–Crippen MR) is 86.5 cm³/mol. The Morgan fingerprint density at radius 1 is 1.36 bits per heavy atom. The van der Waals surface area contributed by atoms with E-state index in [1.807, 2.05) is 0 Å². The Kier molecular flexibility index (Phi) is 4.87. The molecule has 0 N–H and O–H groups in total. The highest BCUT2D eigenvalue weighted by atomic mass is 32.1. The zero-order valence-corrected chi connectivity index (χ0v) is 13.5. The normalized spacial score (nSPS) is 10.7. The van der Waals surface area contributed by atoms with E-state index in [0.29, 0.717) is 17.3 Å². The maximum Gasteiger partial charge on any atom is 0.277 e. The van der Waals surface area contributed by atoms with Crippen molar-refractivity contribution in [2.75, 3.05) is 11.9 Å². The molecule has 0 saturated carbocycles. The zero-order valence-electron chi connectivity index (χ0n) is 12.6. The maximum absolute atomic E-state index is 12.4. The number of benzene rings is 1. The number of nitro groups is 1. The Hall–Kier alpha value is -2.28. The highest BCUT2D eigenvalue weighted by molar-refractivity contribution is 7.09. The largest absolute Gasteiger partial charge is 0.310 e. The molecule has 116 valence electrons. The van der Waals surface area contributed by atoms with Crippen LogP contribution in [0.1, 0.15) is 29.3 Å². The summed E-state index contributed by atoms with van der Waals surface area (Å²) in [5, 5.41) is 13.3. The van der Waals surface area contributed by atoms with E-state index in [-0.39, 0.29) is 11.6 Å². The van der Waals surface area contributed by atoms with Crippen molar-refractivity contribution >= 4 is 28.6 Å². The Morgan fingerprint density at radius 2 is 2.00 bits per heavy atom. The fourth-order valence-electron chi connectivity index (χ4n) is 1.94. The minimum absolute atomic E-state index is 0.00234. The molecule has 0 saturated heterocycles. The van der Waals surface area contributed by atoms with Gasteiger partial charge in [0.25, 0.3) is 11.6 Å². The molecule has 0 unspecified atom stereocenters. The number of anilines is 1. The molecule has 2 rings (SSSR count). The molecule has 1 aromatic heterocycles. The minimum atomic E-state index is -0.468. The zero-order chi connectivity index (χ0) is 16.3. The van der Waals surface area contributed by atoms with Crippen LogP contribution in [0.25, 0.3) is 0 Å². The molecule has 2 aromatic rings. The Morgan fingerprint density at radius 3 is 2.55 bits per heavy atom. The predicted octanol–water partition coefficient (Wildman–Crippen LogP) is 3.53. The van der Waals surface area contributed by atoms with E-state index in [1.54, 1.807) is 24.6 Å². The number of non-ortho nitro benzene ring substituents is 1. The third kappa shape index (κ3) is 3.67. The minimum Gasteiger partial charge on any atom is -0.310 e. The summed E-state index contributed by atoms with van der Waals surface area (Å²) in [6.45, 7) is 4.21. The molecule has 0 spiro atoms. The molecule has 22 heavy (non-hydrogen) atoms. The maximum atomic E-state index is 12.4. The van der Waals surface area contributed by atoms with E-state index in [4.69, 9.17) is 0 Å². The summed E-state index contributed by atoms with van der Waals surface area (Å²) >= 11 is 1.48. The van der Waals surface area contributed by atoms with Gasteiger partial charge in [0.15, 0.2) is 0 Å². The number of hydrogen-bond acceptors (Lipinski definition) is 5. The molecule has 1 aromatic carbocycles. The molecule has 1 amide bonds. The van der Waals surface area contributed by atoms with Gasteiger partial charge in [0.1, 0.15) is 5.69 Å². The van der Waals surface area contributed by atoms with E-state index in [0.717, 1.165) is 11.4 Å². The SMILES string of the molecule is CC(C)Cc1nc(C(=O)N(C)c2ccc([N+](=O)[O-])cc2)cs1. The highest BCUT2D eigenvalue weighted by Crippen LogP contribution is 2.21. The number of amides is 1. The molecule has 0 bridgehead atoms. The van der Waals surface area contributed by atoms with Crippen molar-refractivity contribution in [2.45, 2.75) is 20.3 Å². The van der Waals surface area contributed by atoms with Gasteiger partial charge in [-0.3, -0.25) is 14.9 Å². The average Bonchev–Trinajstić information content (AvgIpc) is 2.93. The lowest BCUT2D eigenvalue weighted by Gasteiger charge is -2.15. The van der Waals surface area contributed by atoms with Gasteiger partial charge < -0.3 is 4.90 Å². The van der Waals surface area contributed by atoms with Crippen molar-refractivity contribution in [3.63, 3.8) is 0 Å². The second kappa shape index (κ2) is 6.65. The standard InChI is InChI=1S/C15H17N3O3S/c1-10(2)8-14-16-13(9-22-14)15(19)17(3)11-4-6-12(7-5-11)18(20)21/h4-7,9-10H,8H2,1-3H3. The first kappa shape index (κ1) is 16.1. The van der Waals surface area contributed by atoms with Crippen molar-refractivity contribution in [3.05, 3.63) is 50.5 Å². The van der Waals surface area contributed by atoms with Crippen LogP contribution in [0.2, 0.25) is 0 Å². The molecular weight excluding hydrogens is 302 g/mol. The average molecular weight is 319 g/mol. The molecule has 0 atom stereocenters. The Bertz CT molecular complexity index is 680. The van der Waals surface area contributed by atoms with E-state index < -0.39 is 4.92 Å². The molecular formula is C15H17N3O3S. The summed E-state index contributed by atoms with van der Waals surface area (Å²) in [6.07, 6.45) is 0.846.